The largest absolute Gasteiger partial charge is 0.445 e. The van der Waals surface area contributed by atoms with Gasteiger partial charge in [0.15, 0.2) is 5.78 Å². The van der Waals surface area contributed by atoms with Crippen LogP contribution in [0.4, 0.5) is 4.79 Å². The Hall–Kier alpha value is -2.62. The summed E-state index contributed by atoms with van der Waals surface area (Å²) >= 11 is 0. The average Bonchev–Trinajstić information content (AvgIpc) is 2.68. The van der Waals surface area contributed by atoms with Crippen LogP contribution in [0.25, 0.3) is 0 Å². The molecule has 26 heavy (non-hydrogen) atoms. The van der Waals surface area contributed by atoms with Gasteiger partial charge in [-0.1, -0.05) is 75.4 Å². The van der Waals surface area contributed by atoms with Crippen molar-refractivity contribution in [2.24, 2.45) is 0 Å². The van der Waals surface area contributed by atoms with Crippen LogP contribution in [0.5, 0.6) is 0 Å². The molecular weight excluding hydrogens is 326 g/mol. The number of Topliss-reactive ketones (excluding diaryl/α,β-unsaturated/α-hetero) is 1. The number of amides is 1. The molecule has 0 heterocycles. The quantitative estimate of drug-likeness (QED) is 0.783. The van der Waals surface area contributed by atoms with E-state index in [-0.39, 0.29) is 12.4 Å². The lowest BCUT2D eigenvalue weighted by Crippen LogP contribution is -2.41. The van der Waals surface area contributed by atoms with Gasteiger partial charge in [-0.25, -0.2) is 4.79 Å². The third kappa shape index (κ3) is 7.51. The highest BCUT2D eigenvalue weighted by molar-refractivity contribution is 5.85. The van der Waals surface area contributed by atoms with Crippen molar-refractivity contribution in [3.8, 4) is 0 Å². The third-order valence-corrected chi connectivity index (χ3v) is 3.87. The molecule has 4 heteroatoms. The van der Waals surface area contributed by atoms with Crippen LogP contribution in [-0.4, -0.2) is 17.9 Å². The summed E-state index contributed by atoms with van der Waals surface area (Å²) in [7, 11) is 0. The van der Waals surface area contributed by atoms with Crippen molar-refractivity contribution in [1.29, 1.82) is 0 Å². The Kier molecular flexibility index (Phi) is 9.77. The van der Waals surface area contributed by atoms with E-state index in [2.05, 4.69) is 12.2 Å². The van der Waals surface area contributed by atoms with Crippen LogP contribution >= 0.6 is 0 Å². The number of carbonyl (C=O) groups is 2. The molecule has 0 aromatic heterocycles. The number of alkyl carbamates (subject to hydrolysis) is 1. The molecule has 0 aliphatic rings. The van der Waals surface area contributed by atoms with Gasteiger partial charge in [0, 0.05) is 0 Å². The monoisotopic (exact) mass is 355 g/mol. The van der Waals surface area contributed by atoms with E-state index in [1.165, 1.54) is 12.5 Å². The van der Waals surface area contributed by atoms with Gasteiger partial charge in [0.1, 0.15) is 6.61 Å². The van der Waals surface area contributed by atoms with E-state index >= 15 is 0 Å². The lowest BCUT2D eigenvalue weighted by atomic mass is 10.0. The smallest absolute Gasteiger partial charge is 0.408 e. The topological polar surface area (TPSA) is 55.4 Å². The second-order valence-corrected chi connectivity index (χ2v) is 5.74. The second kappa shape index (κ2) is 11.9. The van der Waals surface area contributed by atoms with Crippen LogP contribution in [-0.2, 0) is 29.0 Å². The fourth-order valence-electron chi connectivity index (χ4n) is 2.35. The molecule has 2 aromatic rings. The maximum atomic E-state index is 12.0. The number of ketones is 1. The van der Waals surface area contributed by atoms with Gasteiger partial charge < -0.3 is 10.1 Å². The Bertz CT molecular complexity index is 666. The summed E-state index contributed by atoms with van der Waals surface area (Å²) in [5.41, 5.74) is 3.15. The van der Waals surface area contributed by atoms with Crippen molar-refractivity contribution >= 4 is 11.9 Å². The summed E-state index contributed by atoms with van der Waals surface area (Å²) in [6.45, 7) is 7.75. The van der Waals surface area contributed by atoms with Gasteiger partial charge in [-0.3, -0.25) is 4.79 Å². The molecule has 0 aliphatic carbocycles. The highest BCUT2D eigenvalue weighted by atomic mass is 16.5. The molecule has 1 N–H and O–H groups in total. The zero-order valence-corrected chi connectivity index (χ0v) is 16.1. The molecule has 4 nitrogen and oxygen atoms in total. The summed E-state index contributed by atoms with van der Waals surface area (Å²) in [5.74, 6) is -0.0944. The van der Waals surface area contributed by atoms with Gasteiger partial charge >= 0.3 is 6.09 Å². The normalized spacial score (nSPS) is 10.9. The highest BCUT2D eigenvalue weighted by Crippen LogP contribution is 2.07. The van der Waals surface area contributed by atoms with Crippen molar-refractivity contribution in [2.45, 2.75) is 53.2 Å². The molecule has 1 unspecified atom stereocenters. The standard InChI is InChI=1S/C20H23NO3.C2H6/c1-3-16-9-11-18(12-10-16)14-24-20(23)21-19(15(2)22)13-17-7-5-4-6-8-17;1-2/h4-12,19H,3,13-14H2,1-2H3,(H,21,23);1-2H3. The Balaban J connectivity index is 0.00000163. The molecular formula is C22H29NO3. The van der Waals surface area contributed by atoms with Crippen LogP contribution in [0.3, 0.4) is 0 Å². The average molecular weight is 355 g/mol. The molecule has 1 amide bonds. The Morgan fingerprint density at radius 2 is 1.50 bits per heavy atom. The van der Waals surface area contributed by atoms with Gasteiger partial charge in [-0.2, -0.15) is 0 Å². The molecule has 1 atom stereocenters. The van der Waals surface area contributed by atoms with Gasteiger partial charge in [-0.05, 0) is 36.5 Å². The Morgan fingerprint density at radius 3 is 2.04 bits per heavy atom. The lowest BCUT2D eigenvalue weighted by Gasteiger charge is -2.16. The first-order chi connectivity index (χ1) is 12.6. The summed E-state index contributed by atoms with van der Waals surface area (Å²) in [6, 6.07) is 16.9. The van der Waals surface area contributed by atoms with E-state index in [0.29, 0.717) is 6.42 Å². The predicted molar refractivity (Wildman–Crippen MR) is 105 cm³/mol. The third-order valence-electron chi connectivity index (χ3n) is 3.87. The van der Waals surface area contributed by atoms with Gasteiger partial charge in [-0.15, -0.1) is 0 Å². The van der Waals surface area contributed by atoms with E-state index in [1.54, 1.807) is 0 Å². The van der Waals surface area contributed by atoms with Crippen molar-refractivity contribution in [1.82, 2.24) is 5.32 Å². The molecule has 0 saturated carbocycles. The first kappa shape index (κ1) is 21.4. The molecule has 0 fully saturated rings. The van der Waals surface area contributed by atoms with Crippen LogP contribution in [0.2, 0.25) is 0 Å². The molecule has 0 bridgehead atoms. The van der Waals surface area contributed by atoms with Crippen molar-refractivity contribution in [3.05, 3.63) is 71.3 Å². The fraction of sp³-hybridized carbons (Fsp3) is 0.364. The van der Waals surface area contributed by atoms with E-state index in [0.717, 1.165) is 17.5 Å². The predicted octanol–water partition coefficient (Wildman–Crippen LogP) is 4.70. The number of hydrogen-bond acceptors (Lipinski definition) is 3. The maximum Gasteiger partial charge on any atom is 0.408 e. The van der Waals surface area contributed by atoms with Crippen molar-refractivity contribution in [2.75, 3.05) is 0 Å². The lowest BCUT2D eigenvalue weighted by molar-refractivity contribution is -0.118. The van der Waals surface area contributed by atoms with Gasteiger partial charge in [0.2, 0.25) is 0 Å². The van der Waals surface area contributed by atoms with Crippen LogP contribution in [0.1, 0.15) is 44.4 Å². The van der Waals surface area contributed by atoms with Crippen LogP contribution in [0, 0.1) is 0 Å². The van der Waals surface area contributed by atoms with Crippen LogP contribution < -0.4 is 5.32 Å². The number of ether oxygens (including phenoxy) is 1. The molecule has 0 spiro atoms. The fourth-order valence-corrected chi connectivity index (χ4v) is 2.35. The van der Waals surface area contributed by atoms with Crippen LogP contribution in [0.15, 0.2) is 54.6 Å². The molecule has 0 radical (unpaired) electrons. The summed E-state index contributed by atoms with van der Waals surface area (Å²) < 4.78 is 5.22. The minimum atomic E-state index is -0.581. The first-order valence-electron chi connectivity index (χ1n) is 9.14. The number of nitrogens with one attached hydrogen (secondary N) is 1. The Labute approximate surface area is 156 Å². The second-order valence-electron chi connectivity index (χ2n) is 5.74. The first-order valence-corrected chi connectivity index (χ1v) is 9.14. The number of carbonyl (C=O) groups excluding carboxylic acids is 2. The summed E-state index contributed by atoms with van der Waals surface area (Å²) in [6.07, 6.45) is 0.850. The zero-order chi connectivity index (χ0) is 19.4. The summed E-state index contributed by atoms with van der Waals surface area (Å²) in [4.78, 5) is 23.7. The van der Waals surface area contributed by atoms with E-state index in [1.807, 2.05) is 68.4 Å². The molecule has 140 valence electrons. The highest BCUT2D eigenvalue weighted by Gasteiger charge is 2.18. The molecule has 0 saturated heterocycles. The van der Waals surface area contributed by atoms with Crippen molar-refractivity contribution < 1.29 is 14.3 Å². The number of aryl methyl sites for hydroxylation is 1. The van der Waals surface area contributed by atoms with E-state index in [4.69, 9.17) is 4.74 Å². The number of rotatable bonds is 7. The molecule has 2 aromatic carbocycles. The van der Waals surface area contributed by atoms with Gasteiger partial charge in [0.25, 0.3) is 0 Å². The van der Waals surface area contributed by atoms with E-state index in [9.17, 15) is 9.59 Å². The minimum absolute atomic E-state index is 0.0944. The summed E-state index contributed by atoms with van der Waals surface area (Å²) in [5, 5.41) is 2.65. The van der Waals surface area contributed by atoms with Gasteiger partial charge in [0.05, 0.1) is 6.04 Å². The van der Waals surface area contributed by atoms with Crippen molar-refractivity contribution in [3.63, 3.8) is 0 Å². The maximum absolute atomic E-state index is 12.0. The minimum Gasteiger partial charge on any atom is -0.445 e. The number of benzene rings is 2. The number of hydrogen-bond donors (Lipinski definition) is 1. The molecule has 0 aliphatic heterocycles. The van der Waals surface area contributed by atoms with E-state index < -0.39 is 12.1 Å². The Morgan fingerprint density at radius 1 is 0.923 bits per heavy atom. The zero-order valence-electron chi connectivity index (χ0n) is 16.1. The molecule has 2 rings (SSSR count). The SMILES string of the molecule is CC.CCc1ccc(COC(=O)NC(Cc2ccccc2)C(C)=O)cc1.